The molecule has 3 aliphatic heterocycles. The molecule has 1 fully saturated rings. The number of aliphatic hydroxyl groups is 1. The first-order chi connectivity index (χ1) is 15.3. The zero-order valence-corrected chi connectivity index (χ0v) is 18.5. The van der Waals surface area contributed by atoms with Crippen LogP contribution in [0.4, 0.5) is 5.69 Å². The smallest absolute Gasteiger partial charge is 0.311 e. The number of carbonyl (C=O) groups excluding carboxylic acids is 1. The zero-order valence-electron chi connectivity index (χ0n) is 16.9. The predicted octanol–water partition coefficient (Wildman–Crippen LogP) is 3.26. The minimum Gasteiger partial charge on any atom is -0.507 e. The Morgan fingerprint density at radius 2 is 2.00 bits per heavy atom. The number of rotatable bonds is 2. The van der Waals surface area contributed by atoms with Gasteiger partial charge in [-0.15, -0.1) is 0 Å². The van der Waals surface area contributed by atoms with Crippen LogP contribution >= 0.6 is 15.9 Å². The number of hydrogen-bond donors (Lipinski definition) is 4. The number of aryl methyl sites for hydroxylation is 1. The number of hydrogen-bond acceptors (Lipinski definition) is 6. The van der Waals surface area contributed by atoms with Crippen molar-refractivity contribution in [2.75, 3.05) is 18.4 Å². The molecule has 0 radical (unpaired) electrons. The summed E-state index contributed by atoms with van der Waals surface area (Å²) in [5.41, 5.74) is -0.495. The van der Waals surface area contributed by atoms with E-state index in [0.29, 0.717) is 34.4 Å². The van der Waals surface area contributed by atoms with Crippen LogP contribution < -0.4 is 10.6 Å². The van der Waals surface area contributed by atoms with Crippen molar-refractivity contribution in [1.29, 1.82) is 5.41 Å². The van der Waals surface area contributed by atoms with Gasteiger partial charge in [0.05, 0.1) is 10.5 Å². The van der Waals surface area contributed by atoms with Crippen LogP contribution in [0, 0.1) is 22.4 Å². The van der Waals surface area contributed by atoms with E-state index in [2.05, 4.69) is 26.6 Å². The molecule has 9 nitrogen and oxygen atoms in total. The molecule has 1 amide bonds. The number of amidine groups is 1. The minimum atomic E-state index is -2.00. The van der Waals surface area contributed by atoms with Gasteiger partial charge in [0.15, 0.2) is 5.82 Å². The maximum atomic E-state index is 13.6. The van der Waals surface area contributed by atoms with Crippen LogP contribution in [0.15, 0.2) is 64.0 Å². The van der Waals surface area contributed by atoms with Crippen molar-refractivity contribution in [2.24, 2.45) is 0 Å². The van der Waals surface area contributed by atoms with Gasteiger partial charge in [-0.3, -0.25) is 20.3 Å². The molecule has 0 saturated carbocycles. The zero-order chi connectivity index (χ0) is 22.8. The molecule has 162 valence electrons. The fraction of sp³-hybridized carbons (Fsp3) is 0.182. The van der Waals surface area contributed by atoms with Crippen molar-refractivity contribution < 1.29 is 14.8 Å². The third-order valence-electron chi connectivity index (χ3n) is 6.08. The van der Waals surface area contributed by atoms with Gasteiger partial charge in [0, 0.05) is 34.4 Å². The van der Waals surface area contributed by atoms with E-state index in [0.717, 1.165) is 5.56 Å². The summed E-state index contributed by atoms with van der Waals surface area (Å²) >= 11 is 3.39. The Bertz CT molecular complexity index is 1280. The predicted molar refractivity (Wildman–Crippen MR) is 122 cm³/mol. The summed E-state index contributed by atoms with van der Waals surface area (Å²) < 4.78 is 0.613. The molecule has 1 saturated heterocycles. The Morgan fingerprint density at radius 3 is 2.69 bits per heavy atom. The Hall–Kier alpha value is -3.66. The molecule has 2 aromatic carbocycles. The van der Waals surface area contributed by atoms with E-state index in [1.165, 1.54) is 4.90 Å². The summed E-state index contributed by atoms with van der Waals surface area (Å²) in [7, 11) is 0. The average Bonchev–Trinajstić information content (AvgIpc) is 3.33. The van der Waals surface area contributed by atoms with Crippen LogP contribution in [0.5, 0.6) is 0 Å². The van der Waals surface area contributed by atoms with Crippen molar-refractivity contribution in [3.8, 4) is 0 Å². The summed E-state index contributed by atoms with van der Waals surface area (Å²) in [6, 6.07) is 11.9. The highest BCUT2D eigenvalue weighted by Crippen LogP contribution is 2.54. The molecular weight excluding hydrogens is 478 g/mol. The van der Waals surface area contributed by atoms with E-state index >= 15 is 0 Å². The van der Waals surface area contributed by atoms with Gasteiger partial charge in [0.1, 0.15) is 11.6 Å². The molecule has 2 aromatic rings. The quantitative estimate of drug-likeness (QED) is 0.287. The number of aliphatic hydroxyl groups excluding tert-OH is 1. The van der Waals surface area contributed by atoms with Gasteiger partial charge in [-0.1, -0.05) is 45.8 Å². The van der Waals surface area contributed by atoms with E-state index in [1.54, 1.807) is 42.5 Å². The maximum absolute atomic E-state index is 13.6. The molecule has 0 unspecified atom stereocenters. The van der Waals surface area contributed by atoms with Gasteiger partial charge in [-0.25, -0.2) is 0 Å². The number of fused-ring (bicyclic) bond motifs is 3. The number of carbonyl (C=O) groups is 1. The van der Waals surface area contributed by atoms with Gasteiger partial charge >= 0.3 is 5.70 Å². The monoisotopic (exact) mass is 495 g/mol. The first kappa shape index (κ1) is 20.3. The second-order valence-electron chi connectivity index (χ2n) is 7.87. The Balaban J connectivity index is 1.94. The number of nitro groups is 1. The molecule has 1 atom stereocenters. The van der Waals surface area contributed by atoms with Crippen LogP contribution in [0.2, 0.25) is 0 Å². The summed E-state index contributed by atoms with van der Waals surface area (Å²) in [5.74, 6) is -1.08. The first-order valence-corrected chi connectivity index (χ1v) is 10.7. The lowest BCUT2D eigenvalue weighted by molar-refractivity contribution is -0.435. The van der Waals surface area contributed by atoms with Gasteiger partial charge in [0.25, 0.3) is 5.91 Å². The first-order valence-electron chi connectivity index (χ1n) is 9.88. The number of amides is 1. The topological polar surface area (TPSA) is 132 Å². The third kappa shape index (κ3) is 2.56. The lowest BCUT2D eigenvalue weighted by Crippen LogP contribution is -2.53. The number of nitrogens with one attached hydrogen (secondary N) is 3. The summed E-state index contributed by atoms with van der Waals surface area (Å²) in [6.07, 6.45) is 0. The Morgan fingerprint density at radius 1 is 1.28 bits per heavy atom. The highest BCUT2D eigenvalue weighted by Gasteiger charge is 2.66. The number of anilines is 1. The van der Waals surface area contributed by atoms with Crippen molar-refractivity contribution >= 4 is 39.1 Å². The number of benzene rings is 2. The van der Waals surface area contributed by atoms with Gasteiger partial charge in [-0.2, -0.15) is 0 Å². The molecule has 3 heterocycles. The second-order valence-corrected chi connectivity index (χ2v) is 8.78. The van der Waals surface area contributed by atoms with E-state index in [9.17, 15) is 20.0 Å². The largest absolute Gasteiger partial charge is 0.507 e. The molecule has 32 heavy (non-hydrogen) atoms. The lowest BCUT2D eigenvalue weighted by Gasteiger charge is -2.37. The van der Waals surface area contributed by atoms with E-state index in [4.69, 9.17) is 5.41 Å². The Kier molecular flexibility index (Phi) is 4.38. The van der Waals surface area contributed by atoms with Gasteiger partial charge in [0.2, 0.25) is 5.41 Å². The van der Waals surface area contributed by atoms with E-state index in [1.807, 2.05) is 6.92 Å². The normalized spacial score (nSPS) is 23.1. The standard InChI is InChI=1S/C22H18BrN5O4/c1-11-2-4-12(5-3-11)17(29)16-19(24)27-9-8-25-20(27)18(28(31)32)22(16)14-10-13(23)6-7-15(14)26-21(22)30/h2-7,10,24-25,29H,8-9H2,1H3,(H,26,30)/b17-16+,24-19?/t22-/m0/s1. The molecule has 4 N–H and O–H groups in total. The van der Waals surface area contributed by atoms with Crippen LogP contribution in [-0.4, -0.2) is 39.8 Å². The summed E-state index contributed by atoms with van der Waals surface area (Å²) in [4.78, 5) is 26.9. The molecule has 1 spiro atoms. The molecule has 10 heteroatoms. The number of halogens is 1. The molecule has 5 rings (SSSR count). The van der Waals surface area contributed by atoms with Crippen molar-refractivity contribution in [1.82, 2.24) is 10.2 Å². The second kappa shape index (κ2) is 6.92. The highest BCUT2D eigenvalue weighted by molar-refractivity contribution is 9.10. The van der Waals surface area contributed by atoms with E-state index < -0.39 is 21.9 Å². The molecule has 3 aliphatic rings. The van der Waals surface area contributed by atoms with Crippen molar-refractivity contribution in [2.45, 2.75) is 12.3 Å². The van der Waals surface area contributed by atoms with E-state index in [-0.39, 0.29) is 23.0 Å². The van der Waals surface area contributed by atoms with Crippen LogP contribution in [0.1, 0.15) is 16.7 Å². The van der Waals surface area contributed by atoms with Crippen LogP contribution in [0.3, 0.4) is 0 Å². The van der Waals surface area contributed by atoms with Crippen LogP contribution in [0.25, 0.3) is 5.76 Å². The van der Waals surface area contributed by atoms with Crippen molar-refractivity contribution in [3.05, 3.63) is 90.8 Å². The third-order valence-corrected chi connectivity index (χ3v) is 6.57. The summed E-state index contributed by atoms with van der Waals surface area (Å²) in [6.45, 7) is 2.57. The van der Waals surface area contributed by atoms with Crippen molar-refractivity contribution in [3.63, 3.8) is 0 Å². The highest BCUT2D eigenvalue weighted by atomic mass is 79.9. The SMILES string of the molecule is Cc1ccc(/C(O)=C2/C(=N)N3CCNC3=C([N+](=O)[O-])[C@@]23C(=O)Nc2ccc(Br)cc23)cc1. The van der Waals surface area contributed by atoms with Crippen LogP contribution in [-0.2, 0) is 10.2 Å². The fourth-order valence-electron chi connectivity index (χ4n) is 4.66. The average molecular weight is 496 g/mol. The fourth-order valence-corrected chi connectivity index (χ4v) is 5.02. The van der Waals surface area contributed by atoms with Gasteiger partial charge < -0.3 is 20.6 Å². The summed E-state index contributed by atoms with van der Waals surface area (Å²) in [5, 5.41) is 38.5. The van der Waals surface area contributed by atoms with Gasteiger partial charge in [-0.05, 0) is 25.1 Å². The number of nitrogens with zero attached hydrogens (tertiary/aromatic N) is 2. The minimum absolute atomic E-state index is 0.100. The lowest BCUT2D eigenvalue weighted by atomic mass is 9.68. The molecular formula is C22H18BrN5O4. The Labute approximate surface area is 191 Å². The molecule has 0 aliphatic carbocycles. The molecule has 0 aromatic heterocycles. The maximum Gasteiger partial charge on any atom is 0.311 e. The molecule has 0 bridgehead atoms.